The van der Waals surface area contributed by atoms with Crippen molar-refractivity contribution in [1.82, 2.24) is 0 Å². The maximum Gasteiger partial charge on any atom is 0.308 e. The number of esters is 1. The van der Waals surface area contributed by atoms with Crippen LogP contribution in [-0.4, -0.2) is 17.4 Å². The van der Waals surface area contributed by atoms with Crippen LogP contribution in [0.3, 0.4) is 0 Å². The minimum absolute atomic E-state index is 0.217. The molecule has 1 atom stereocenters. The standard InChI is InChI=1S/C56H112O3/c1-3-5-7-9-11-13-15-17-19-21-23-25-27-28-29-30-32-34-36-38-40-42-44-46-48-50-52-54-56(58)59-55(57)53-51-49-47-45-43-41-39-37-35-33-31-26-24-22-20-18-16-14-12-10-8-6-4-2/h56,58H,3-54H2,1-2H3. The first-order valence-electron chi connectivity index (χ1n) is 28.1. The van der Waals surface area contributed by atoms with Crippen LogP contribution in [0.2, 0.25) is 0 Å². The van der Waals surface area contributed by atoms with E-state index in [4.69, 9.17) is 4.74 Å². The lowest BCUT2D eigenvalue weighted by Crippen LogP contribution is -2.17. The fraction of sp³-hybridized carbons (Fsp3) is 0.982. The summed E-state index contributed by atoms with van der Waals surface area (Å²) in [6, 6.07) is 0. The van der Waals surface area contributed by atoms with Crippen molar-refractivity contribution in [2.45, 2.75) is 354 Å². The summed E-state index contributed by atoms with van der Waals surface area (Å²) in [7, 11) is 0. The number of aliphatic hydroxyl groups is 1. The molecule has 0 heterocycles. The average Bonchev–Trinajstić information content (AvgIpc) is 3.23. The fourth-order valence-corrected chi connectivity index (χ4v) is 9.14. The molecule has 0 bridgehead atoms. The summed E-state index contributed by atoms with van der Waals surface area (Å²) in [6.45, 7) is 4.60. The summed E-state index contributed by atoms with van der Waals surface area (Å²) >= 11 is 0. The molecule has 0 aliphatic heterocycles. The highest BCUT2D eigenvalue weighted by molar-refractivity contribution is 5.69. The third kappa shape index (κ3) is 53.5. The largest absolute Gasteiger partial charge is 0.436 e. The molecule has 0 aromatic heterocycles. The number of unbranched alkanes of at least 4 members (excludes halogenated alkanes) is 48. The van der Waals surface area contributed by atoms with Crippen LogP contribution < -0.4 is 0 Å². The van der Waals surface area contributed by atoms with Gasteiger partial charge in [-0.05, 0) is 12.8 Å². The fourth-order valence-electron chi connectivity index (χ4n) is 9.14. The summed E-state index contributed by atoms with van der Waals surface area (Å²) in [5.41, 5.74) is 0. The Morgan fingerprint density at radius 1 is 0.288 bits per heavy atom. The molecule has 0 spiro atoms. The molecule has 0 aliphatic carbocycles. The molecule has 0 amide bonds. The number of carbonyl (C=O) groups excluding carboxylic acids is 1. The quantitative estimate of drug-likeness (QED) is 0.0377. The molecule has 3 heteroatoms. The van der Waals surface area contributed by atoms with Crippen LogP contribution in [0.1, 0.15) is 348 Å². The number of hydrogen-bond donors (Lipinski definition) is 1. The third-order valence-electron chi connectivity index (χ3n) is 13.3. The van der Waals surface area contributed by atoms with Crippen molar-refractivity contribution in [3.63, 3.8) is 0 Å². The lowest BCUT2D eigenvalue weighted by Gasteiger charge is -2.12. The van der Waals surface area contributed by atoms with E-state index in [1.54, 1.807) is 0 Å². The maximum atomic E-state index is 12.1. The molecule has 0 saturated carbocycles. The number of hydrogen-bond acceptors (Lipinski definition) is 3. The molecule has 0 aliphatic rings. The minimum Gasteiger partial charge on any atom is -0.436 e. The van der Waals surface area contributed by atoms with Gasteiger partial charge in [0.25, 0.3) is 0 Å². The van der Waals surface area contributed by atoms with Crippen LogP contribution in [0.25, 0.3) is 0 Å². The van der Waals surface area contributed by atoms with Crippen molar-refractivity contribution >= 4 is 5.97 Å². The van der Waals surface area contributed by atoms with Gasteiger partial charge < -0.3 is 9.84 Å². The lowest BCUT2D eigenvalue weighted by atomic mass is 10.0. The Morgan fingerprint density at radius 3 is 0.661 bits per heavy atom. The second-order valence-electron chi connectivity index (χ2n) is 19.5. The summed E-state index contributed by atoms with van der Waals surface area (Å²) in [5.74, 6) is -0.217. The van der Waals surface area contributed by atoms with E-state index in [9.17, 15) is 9.90 Å². The van der Waals surface area contributed by atoms with Crippen molar-refractivity contribution < 1.29 is 14.6 Å². The van der Waals surface area contributed by atoms with Gasteiger partial charge in [-0.2, -0.15) is 0 Å². The van der Waals surface area contributed by atoms with Crippen molar-refractivity contribution in [2.24, 2.45) is 0 Å². The van der Waals surface area contributed by atoms with E-state index in [0.717, 1.165) is 25.7 Å². The van der Waals surface area contributed by atoms with E-state index in [2.05, 4.69) is 13.8 Å². The highest BCUT2D eigenvalue weighted by Gasteiger charge is 2.10. The van der Waals surface area contributed by atoms with Gasteiger partial charge in [0.2, 0.25) is 6.29 Å². The third-order valence-corrected chi connectivity index (χ3v) is 13.3. The van der Waals surface area contributed by atoms with Crippen molar-refractivity contribution in [3.8, 4) is 0 Å². The van der Waals surface area contributed by atoms with Gasteiger partial charge in [-0.15, -0.1) is 0 Å². The second kappa shape index (κ2) is 53.6. The Kier molecular flexibility index (Phi) is 53.0. The zero-order valence-electron chi connectivity index (χ0n) is 41.1. The van der Waals surface area contributed by atoms with E-state index in [1.807, 2.05) is 0 Å². The molecule has 0 aromatic rings. The summed E-state index contributed by atoms with van der Waals surface area (Å²) in [5, 5.41) is 10.2. The van der Waals surface area contributed by atoms with E-state index >= 15 is 0 Å². The molecule has 0 radical (unpaired) electrons. The molecule has 0 fully saturated rings. The summed E-state index contributed by atoms with van der Waals surface area (Å²) in [4.78, 5) is 12.1. The molecule has 0 rings (SSSR count). The Bertz CT molecular complexity index is 751. The first-order valence-corrected chi connectivity index (χ1v) is 28.1. The van der Waals surface area contributed by atoms with Crippen LogP contribution in [0.4, 0.5) is 0 Å². The smallest absolute Gasteiger partial charge is 0.308 e. The summed E-state index contributed by atoms with van der Waals surface area (Å²) < 4.78 is 5.28. The highest BCUT2D eigenvalue weighted by Crippen LogP contribution is 2.19. The van der Waals surface area contributed by atoms with Gasteiger partial charge in [0, 0.05) is 12.8 Å². The van der Waals surface area contributed by atoms with Crippen LogP contribution in [0.15, 0.2) is 0 Å². The number of rotatable bonds is 53. The predicted octanol–water partition coefficient (Wildman–Crippen LogP) is 20.2. The van der Waals surface area contributed by atoms with Crippen LogP contribution in [0.5, 0.6) is 0 Å². The number of carbonyl (C=O) groups is 1. The van der Waals surface area contributed by atoms with Crippen molar-refractivity contribution in [3.05, 3.63) is 0 Å². The molecule has 1 unspecified atom stereocenters. The molecule has 354 valence electrons. The number of aliphatic hydroxyl groups excluding tert-OH is 1. The van der Waals surface area contributed by atoms with Gasteiger partial charge in [-0.3, -0.25) is 4.79 Å². The van der Waals surface area contributed by atoms with Crippen LogP contribution in [0, 0.1) is 0 Å². The van der Waals surface area contributed by atoms with Gasteiger partial charge in [0.05, 0.1) is 0 Å². The highest BCUT2D eigenvalue weighted by atomic mass is 16.6. The zero-order chi connectivity index (χ0) is 42.6. The van der Waals surface area contributed by atoms with E-state index < -0.39 is 6.29 Å². The van der Waals surface area contributed by atoms with E-state index in [0.29, 0.717) is 12.8 Å². The minimum atomic E-state index is -0.911. The SMILES string of the molecule is CCCCCCCCCCCCCCCCCCCCCCCCCCCCCC(O)OC(=O)CCCCCCCCCCCCCCCCCCCCCCCCC. The van der Waals surface area contributed by atoms with Gasteiger partial charge in [0.1, 0.15) is 0 Å². The van der Waals surface area contributed by atoms with Crippen molar-refractivity contribution in [1.29, 1.82) is 0 Å². The molecule has 3 nitrogen and oxygen atoms in total. The second-order valence-corrected chi connectivity index (χ2v) is 19.5. The number of ether oxygens (including phenoxy) is 1. The first kappa shape index (κ1) is 58.4. The topological polar surface area (TPSA) is 46.5 Å². The Labute approximate surface area is 373 Å². The maximum absolute atomic E-state index is 12.1. The van der Waals surface area contributed by atoms with Gasteiger partial charge >= 0.3 is 5.97 Å². The summed E-state index contributed by atoms with van der Waals surface area (Å²) in [6.07, 6.45) is 69.5. The average molecular weight is 834 g/mol. The van der Waals surface area contributed by atoms with Crippen molar-refractivity contribution in [2.75, 3.05) is 0 Å². The normalized spacial score (nSPS) is 12.1. The van der Waals surface area contributed by atoms with Crippen LogP contribution >= 0.6 is 0 Å². The van der Waals surface area contributed by atoms with E-state index in [-0.39, 0.29) is 5.97 Å². The molecular weight excluding hydrogens is 721 g/mol. The van der Waals surface area contributed by atoms with Gasteiger partial charge in [0.15, 0.2) is 0 Å². The first-order chi connectivity index (χ1) is 29.2. The molecule has 59 heavy (non-hydrogen) atoms. The zero-order valence-corrected chi connectivity index (χ0v) is 41.1. The molecule has 1 N–H and O–H groups in total. The molecule has 0 aromatic carbocycles. The lowest BCUT2D eigenvalue weighted by molar-refractivity contribution is -0.168. The molecular formula is C56H112O3. The molecule has 0 saturated heterocycles. The Morgan fingerprint density at radius 2 is 0.458 bits per heavy atom. The van der Waals surface area contributed by atoms with Gasteiger partial charge in [-0.25, -0.2) is 0 Å². The van der Waals surface area contributed by atoms with Gasteiger partial charge in [-0.1, -0.05) is 322 Å². The monoisotopic (exact) mass is 833 g/mol. The van der Waals surface area contributed by atoms with E-state index in [1.165, 1.54) is 295 Å². The Hall–Kier alpha value is -0.570. The predicted molar refractivity (Wildman–Crippen MR) is 264 cm³/mol. The van der Waals surface area contributed by atoms with Crippen LogP contribution in [-0.2, 0) is 9.53 Å². The Balaban J connectivity index is 3.23.